The highest BCUT2D eigenvalue weighted by Crippen LogP contribution is 2.50. The molecule has 1 aliphatic carbocycles. The first kappa shape index (κ1) is 7.08. The first-order chi connectivity index (χ1) is 4.77. The van der Waals surface area contributed by atoms with E-state index < -0.39 is 0 Å². The number of halogens is 2. The largest absolute Gasteiger partial charge is 0.120 e. The second-order valence-corrected chi connectivity index (χ2v) is 4.74. The number of rotatable bonds is 0. The van der Waals surface area contributed by atoms with Crippen LogP contribution in [0.1, 0.15) is 6.42 Å². The van der Waals surface area contributed by atoms with Crippen LogP contribution in [0, 0.1) is 5.92 Å². The highest BCUT2D eigenvalue weighted by Gasteiger charge is 2.33. The second-order valence-electron chi connectivity index (χ2n) is 2.51. The molecule has 0 unspecified atom stereocenters. The van der Waals surface area contributed by atoms with Crippen molar-refractivity contribution in [1.29, 1.82) is 0 Å². The summed E-state index contributed by atoms with van der Waals surface area (Å²) in [6, 6.07) is 0. The summed E-state index contributed by atoms with van der Waals surface area (Å²) in [6.07, 6.45) is 5.62. The Labute approximate surface area is 74.3 Å². The highest BCUT2D eigenvalue weighted by atomic mass is 35.5. The van der Waals surface area contributed by atoms with Gasteiger partial charge in [0.2, 0.25) is 0 Å². The maximum Gasteiger partial charge on any atom is 0.116 e. The van der Waals surface area contributed by atoms with Gasteiger partial charge < -0.3 is 0 Å². The molecular weight excluding hydrogens is 187 g/mol. The molecule has 0 radical (unpaired) electrons. The number of hydrogen-bond acceptors (Lipinski definition) is 1. The van der Waals surface area contributed by atoms with E-state index in [2.05, 4.69) is 12.2 Å². The van der Waals surface area contributed by atoms with Crippen LogP contribution in [0.4, 0.5) is 0 Å². The average Bonchev–Trinajstić information content (AvgIpc) is 2.44. The van der Waals surface area contributed by atoms with Gasteiger partial charge in [0.15, 0.2) is 0 Å². The van der Waals surface area contributed by atoms with Crippen LogP contribution in [-0.4, -0.2) is 5.25 Å². The van der Waals surface area contributed by atoms with Gasteiger partial charge in [-0.05, 0) is 6.42 Å². The zero-order valence-electron chi connectivity index (χ0n) is 5.18. The third-order valence-electron chi connectivity index (χ3n) is 1.85. The van der Waals surface area contributed by atoms with Crippen molar-refractivity contribution in [2.24, 2.45) is 5.92 Å². The summed E-state index contributed by atoms with van der Waals surface area (Å²) >= 11 is 13.1. The first-order valence-electron chi connectivity index (χ1n) is 3.17. The van der Waals surface area contributed by atoms with Crippen LogP contribution in [0.15, 0.2) is 21.5 Å². The minimum Gasteiger partial charge on any atom is -0.120 e. The zero-order chi connectivity index (χ0) is 7.14. The molecule has 0 N–H and O–H groups in total. The van der Waals surface area contributed by atoms with Crippen molar-refractivity contribution in [3.05, 3.63) is 21.5 Å². The van der Waals surface area contributed by atoms with E-state index in [0.717, 1.165) is 4.91 Å². The molecule has 3 heteroatoms. The molecule has 1 saturated heterocycles. The molecule has 1 fully saturated rings. The lowest BCUT2D eigenvalue weighted by Gasteiger charge is -2.05. The molecule has 0 aromatic heterocycles. The van der Waals surface area contributed by atoms with Crippen molar-refractivity contribution in [2.75, 3.05) is 0 Å². The molecular formula is C7H6Cl2S. The molecule has 2 aliphatic rings. The van der Waals surface area contributed by atoms with Crippen LogP contribution < -0.4 is 0 Å². The van der Waals surface area contributed by atoms with Crippen molar-refractivity contribution in [2.45, 2.75) is 11.7 Å². The summed E-state index contributed by atoms with van der Waals surface area (Å²) in [7, 11) is 0. The van der Waals surface area contributed by atoms with E-state index in [1.165, 1.54) is 6.42 Å². The predicted molar refractivity (Wildman–Crippen MR) is 47.4 cm³/mol. The summed E-state index contributed by atoms with van der Waals surface area (Å²) in [6.45, 7) is 0. The highest BCUT2D eigenvalue weighted by molar-refractivity contribution is 8.04. The van der Waals surface area contributed by atoms with Gasteiger partial charge in [-0.25, -0.2) is 0 Å². The van der Waals surface area contributed by atoms with Crippen LogP contribution >= 0.6 is 35.0 Å². The van der Waals surface area contributed by atoms with E-state index in [0.29, 0.717) is 15.7 Å². The fourth-order valence-electron chi connectivity index (χ4n) is 1.38. The van der Waals surface area contributed by atoms with Crippen molar-refractivity contribution in [3.8, 4) is 0 Å². The fraction of sp³-hybridized carbons (Fsp3) is 0.429. The topological polar surface area (TPSA) is 0 Å². The summed E-state index contributed by atoms with van der Waals surface area (Å²) in [5, 5.41) is 0.646. The number of hydrogen-bond donors (Lipinski definition) is 0. The van der Waals surface area contributed by atoms with E-state index >= 15 is 0 Å². The summed E-state index contributed by atoms with van der Waals surface area (Å²) in [5.74, 6) is 0.528. The predicted octanol–water partition coefficient (Wildman–Crippen LogP) is 3.32. The molecule has 1 heterocycles. The van der Waals surface area contributed by atoms with Crippen LogP contribution in [0.2, 0.25) is 0 Å². The van der Waals surface area contributed by atoms with Gasteiger partial charge in [0.05, 0.1) is 0 Å². The van der Waals surface area contributed by atoms with Gasteiger partial charge in [0.1, 0.15) is 4.49 Å². The molecule has 54 valence electrons. The quantitative estimate of drug-likeness (QED) is 0.531. The molecule has 0 amide bonds. The maximum absolute atomic E-state index is 5.67. The first-order valence-corrected chi connectivity index (χ1v) is 4.81. The minimum absolute atomic E-state index is 0.460. The van der Waals surface area contributed by atoms with Crippen LogP contribution in [0.3, 0.4) is 0 Å². The molecule has 2 bridgehead atoms. The molecule has 0 saturated carbocycles. The van der Waals surface area contributed by atoms with E-state index in [-0.39, 0.29) is 0 Å². The van der Waals surface area contributed by atoms with Gasteiger partial charge in [0.25, 0.3) is 0 Å². The van der Waals surface area contributed by atoms with Gasteiger partial charge in [-0.1, -0.05) is 35.4 Å². The lowest BCUT2D eigenvalue weighted by Crippen LogP contribution is -1.87. The SMILES string of the molecule is ClC(Cl)=C1S[C@@H]2C=C[C@H]1C2. The van der Waals surface area contributed by atoms with Crippen LogP contribution in [-0.2, 0) is 0 Å². The lowest BCUT2D eigenvalue weighted by atomic mass is 10.1. The van der Waals surface area contributed by atoms with E-state index in [4.69, 9.17) is 23.2 Å². The molecule has 2 atom stereocenters. The Morgan fingerprint density at radius 2 is 2.30 bits per heavy atom. The van der Waals surface area contributed by atoms with E-state index in [1.54, 1.807) is 11.8 Å². The Balaban J connectivity index is 2.32. The molecule has 0 nitrogen and oxygen atoms in total. The Bertz CT molecular complexity index is 216. The Hall–Kier alpha value is 0.410. The molecule has 0 aromatic carbocycles. The second kappa shape index (κ2) is 2.47. The van der Waals surface area contributed by atoms with Gasteiger partial charge in [-0.2, -0.15) is 0 Å². The van der Waals surface area contributed by atoms with Crippen molar-refractivity contribution in [1.82, 2.24) is 0 Å². The monoisotopic (exact) mass is 192 g/mol. The number of fused-ring (bicyclic) bond motifs is 2. The van der Waals surface area contributed by atoms with Crippen molar-refractivity contribution in [3.63, 3.8) is 0 Å². The molecule has 10 heavy (non-hydrogen) atoms. The average molecular weight is 193 g/mol. The molecule has 0 aromatic rings. The van der Waals surface area contributed by atoms with E-state index in [9.17, 15) is 0 Å². The Morgan fingerprint density at radius 1 is 1.50 bits per heavy atom. The number of thioether (sulfide) groups is 1. The van der Waals surface area contributed by atoms with Crippen molar-refractivity contribution < 1.29 is 0 Å². The molecule has 2 rings (SSSR count). The third-order valence-corrected chi connectivity index (χ3v) is 3.89. The molecule has 0 spiro atoms. The zero-order valence-corrected chi connectivity index (χ0v) is 7.51. The third kappa shape index (κ3) is 1.01. The van der Waals surface area contributed by atoms with Gasteiger partial charge in [0, 0.05) is 16.1 Å². The summed E-state index contributed by atoms with van der Waals surface area (Å²) in [4.78, 5) is 1.16. The van der Waals surface area contributed by atoms with Crippen LogP contribution in [0.25, 0.3) is 0 Å². The minimum atomic E-state index is 0.460. The number of allylic oxidation sites excluding steroid dienone is 2. The van der Waals surface area contributed by atoms with Crippen LogP contribution in [0.5, 0.6) is 0 Å². The van der Waals surface area contributed by atoms with Crippen molar-refractivity contribution >= 4 is 35.0 Å². The maximum atomic E-state index is 5.67. The molecule has 1 aliphatic heterocycles. The normalized spacial score (nSPS) is 35.6. The summed E-state index contributed by atoms with van der Waals surface area (Å²) in [5.41, 5.74) is 0. The lowest BCUT2D eigenvalue weighted by molar-refractivity contribution is 0.801. The smallest absolute Gasteiger partial charge is 0.116 e. The summed E-state index contributed by atoms with van der Waals surface area (Å²) < 4.78 is 0.460. The Kier molecular flexibility index (Phi) is 1.75. The Morgan fingerprint density at radius 3 is 2.60 bits per heavy atom. The van der Waals surface area contributed by atoms with Gasteiger partial charge >= 0.3 is 0 Å². The van der Waals surface area contributed by atoms with E-state index in [1.807, 2.05) is 0 Å². The standard InChI is InChI=1S/C7H6Cl2S/c8-7(9)6-4-1-2-5(3-4)10-6/h1-2,4-5H,3H2/t4-,5+/m0/s1. The van der Waals surface area contributed by atoms with Gasteiger partial charge in [-0.3, -0.25) is 0 Å². The van der Waals surface area contributed by atoms with Gasteiger partial charge in [-0.15, -0.1) is 11.8 Å². The fourth-order valence-corrected chi connectivity index (χ4v) is 3.17.